The molecule has 0 spiro atoms. The van der Waals surface area contributed by atoms with Gasteiger partial charge < -0.3 is 5.32 Å². The molecule has 0 radical (unpaired) electrons. The maximum Gasteiger partial charge on any atom is 0.175 e. The Balaban J connectivity index is 2.34. The molecule has 0 saturated carbocycles. The average molecular weight is 348 g/mol. The van der Waals surface area contributed by atoms with Gasteiger partial charge in [-0.1, -0.05) is 29.3 Å². The van der Waals surface area contributed by atoms with Gasteiger partial charge in [0.15, 0.2) is 9.84 Å². The zero-order valence-electron chi connectivity index (χ0n) is 11.0. The lowest BCUT2D eigenvalue weighted by atomic mass is 10.2. The maximum absolute atomic E-state index is 13.6. The van der Waals surface area contributed by atoms with Crippen LogP contribution in [0.5, 0.6) is 0 Å². The van der Waals surface area contributed by atoms with E-state index in [0.717, 1.165) is 6.26 Å². The first-order valence-electron chi connectivity index (χ1n) is 5.95. The minimum Gasteiger partial charge on any atom is -0.378 e. The van der Waals surface area contributed by atoms with Crippen LogP contribution in [0, 0.1) is 5.82 Å². The van der Waals surface area contributed by atoms with Gasteiger partial charge in [0, 0.05) is 28.4 Å². The van der Waals surface area contributed by atoms with E-state index in [1.807, 2.05) is 0 Å². The highest BCUT2D eigenvalue weighted by molar-refractivity contribution is 7.90. The monoisotopic (exact) mass is 347 g/mol. The van der Waals surface area contributed by atoms with E-state index in [9.17, 15) is 12.8 Å². The predicted molar refractivity (Wildman–Crippen MR) is 83.3 cm³/mol. The lowest BCUT2D eigenvalue weighted by Crippen LogP contribution is -2.08. The van der Waals surface area contributed by atoms with Crippen LogP contribution >= 0.6 is 23.2 Å². The van der Waals surface area contributed by atoms with E-state index in [1.54, 1.807) is 12.1 Å². The van der Waals surface area contributed by atoms with E-state index in [4.69, 9.17) is 23.2 Å². The lowest BCUT2D eigenvalue weighted by Gasteiger charge is -2.13. The quantitative estimate of drug-likeness (QED) is 0.903. The third-order valence-electron chi connectivity index (χ3n) is 2.86. The highest BCUT2D eigenvalue weighted by atomic mass is 35.5. The van der Waals surface area contributed by atoms with Crippen LogP contribution in [0.15, 0.2) is 41.3 Å². The van der Waals surface area contributed by atoms with Crippen LogP contribution in [-0.2, 0) is 16.4 Å². The summed E-state index contributed by atoms with van der Waals surface area (Å²) in [7, 11) is -3.42. The Kier molecular flexibility index (Phi) is 4.76. The second kappa shape index (κ2) is 6.22. The Labute approximate surface area is 132 Å². The molecule has 3 nitrogen and oxygen atoms in total. The van der Waals surface area contributed by atoms with Crippen molar-refractivity contribution in [3.8, 4) is 0 Å². The zero-order chi connectivity index (χ0) is 15.6. The van der Waals surface area contributed by atoms with E-state index in [2.05, 4.69) is 5.32 Å². The number of hydrogen-bond donors (Lipinski definition) is 1. The lowest BCUT2D eigenvalue weighted by molar-refractivity contribution is 0.601. The van der Waals surface area contributed by atoms with Crippen molar-refractivity contribution >= 4 is 38.7 Å². The van der Waals surface area contributed by atoms with E-state index in [1.165, 1.54) is 24.3 Å². The van der Waals surface area contributed by atoms with Crippen molar-refractivity contribution in [2.24, 2.45) is 0 Å². The molecular formula is C14H12Cl2FNO2S. The van der Waals surface area contributed by atoms with E-state index < -0.39 is 15.7 Å². The molecule has 0 aliphatic carbocycles. The van der Waals surface area contributed by atoms with Gasteiger partial charge in [0.05, 0.1) is 10.6 Å². The zero-order valence-corrected chi connectivity index (χ0v) is 13.4. The maximum atomic E-state index is 13.6. The molecule has 0 unspecified atom stereocenters. The molecular weight excluding hydrogens is 336 g/mol. The minimum atomic E-state index is -3.42. The standard InChI is InChI=1S/C14H12Cl2FNO2S/c1-21(19,20)14-4-2-3-11(16)10(14)8-18-13-7-9(15)5-6-12(13)17/h2-7,18H,8H2,1H3. The fraction of sp³-hybridized carbons (Fsp3) is 0.143. The predicted octanol–water partition coefficient (Wildman–Crippen LogP) is 4.15. The van der Waals surface area contributed by atoms with Gasteiger partial charge in [-0.3, -0.25) is 0 Å². The first-order chi connectivity index (χ1) is 9.79. The van der Waals surface area contributed by atoms with Crippen LogP contribution in [0.25, 0.3) is 0 Å². The van der Waals surface area contributed by atoms with Gasteiger partial charge >= 0.3 is 0 Å². The van der Waals surface area contributed by atoms with Crippen molar-refractivity contribution in [2.75, 3.05) is 11.6 Å². The molecule has 0 aliphatic heterocycles. The summed E-state index contributed by atoms with van der Waals surface area (Å²) in [6, 6.07) is 8.69. The molecule has 0 bridgehead atoms. The minimum absolute atomic E-state index is 0.0688. The molecule has 2 aromatic rings. The summed E-state index contributed by atoms with van der Waals surface area (Å²) in [4.78, 5) is 0.116. The second-order valence-corrected chi connectivity index (χ2v) is 7.29. The van der Waals surface area contributed by atoms with Gasteiger partial charge in [0.25, 0.3) is 0 Å². The molecule has 21 heavy (non-hydrogen) atoms. The third kappa shape index (κ3) is 3.87. The van der Waals surface area contributed by atoms with Gasteiger partial charge in [0.2, 0.25) is 0 Å². The molecule has 2 aromatic carbocycles. The summed E-state index contributed by atoms with van der Waals surface area (Å²) in [6.07, 6.45) is 1.10. The highest BCUT2D eigenvalue weighted by Crippen LogP contribution is 2.26. The molecule has 0 saturated heterocycles. The Hall–Kier alpha value is -1.30. The SMILES string of the molecule is CS(=O)(=O)c1cccc(Cl)c1CNc1cc(Cl)ccc1F. The summed E-state index contributed by atoms with van der Waals surface area (Å²) < 4.78 is 37.1. The molecule has 0 aliphatic rings. The number of hydrogen-bond acceptors (Lipinski definition) is 3. The highest BCUT2D eigenvalue weighted by Gasteiger charge is 2.16. The number of benzene rings is 2. The van der Waals surface area contributed by atoms with Crippen LogP contribution in [-0.4, -0.2) is 14.7 Å². The normalized spacial score (nSPS) is 11.4. The molecule has 7 heteroatoms. The number of anilines is 1. The number of nitrogens with one attached hydrogen (secondary N) is 1. The third-order valence-corrected chi connectivity index (χ3v) is 4.63. The fourth-order valence-corrected chi connectivity index (χ4v) is 3.30. The van der Waals surface area contributed by atoms with Gasteiger partial charge in [-0.25, -0.2) is 12.8 Å². The number of rotatable bonds is 4. The smallest absolute Gasteiger partial charge is 0.175 e. The van der Waals surface area contributed by atoms with Gasteiger partial charge in [0.1, 0.15) is 5.82 Å². The van der Waals surface area contributed by atoms with Crippen molar-refractivity contribution in [3.05, 3.63) is 57.8 Å². The Morgan fingerprint density at radius 3 is 2.57 bits per heavy atom. The number of halogens is 3. The van der Waals surface area contributed by atoms with E-state index in [-0.39, 0.29) is 17.1 Å². The number of sulfone groups is 1. The van der Waals surface area contributed by atoms with Gasteiger partial charge in [-0.05, 0) is 30.3 Å². The molecule has 2 rings (SSSR count). The topological polar surface area (TPSA) is 46.2 Å². The Bertz CT molecular complexity index is 779. The summed E-state index contributed by atoms with van der Waals surface area (Å²) in [5.41, 5.74) is 0.572. The van der Waals surface area contributed by atoms with Crippen molar-refractivity contribution in [3.63, 3.8) is 0 Å². The molecule has 1 N–H and O–H groups in total. The van der Waals surface area contributed by atoms with Crippen LogP contribution in [0.2, 0.25) is 10.0 Å². The van der Waals surface area contributed by atoms with Crippen LogP contribution in [0.4, 0.5) is 10.1 Å². The van der Waals surface area contributed by atoms with Crippen LogP contribution in [0.3, 0.4) is 0 Å². The molecule has 0 aromatic heterocycles. The van der Waals surface area contributed by atoms with Gasteiger partial charge in [-0.15, -0.1) is 0 Å². The summed E-state index contributed by atoms with van der Waals surface area (Å²) in [5, 5.41) is 3.49. The molecule has 0 heterocycles. The summed E-state index contributed by atoms with van der Waals surface area (Å²) in [5.74, 6) is -0.479. The summed E-state index contributed by atoms with van der Waals surface area (Å²) in [6.45, 7) is 0.0688. The van der Waals surface area contributed by atoms with E-state index >= 15 is 0 Å². The fourth-order valence-electron chi connectivity index (χ4n) is 1.87. The first kappa shape index (κ1) is 16.1. The molecule has 0 atom stereocenters. The summed E-state index contributed by atoms with van der Waals surface area (Å²) >= 11 is 11.9. The van der Waals surface area contributed by atoms with Crippen molar-refractivity contribution in [1.82, 2.24) is 0 Å². The first-order valence-corrected chi connectivity index (χ1v) is 8.60. The van der Waals surface area contributed by atoms with Crippen molar-refractivity contribution in [1.29, 1.82) is 0 Å². The molecule has 112 valence electrons. The molecule has 0 fully saturated rings. The average Bonchev–Trinajstić information content (AvgIpc) is 2.39. The van der Waals surface area contributed by atoms with E-state index in [0.29, 0.717) is 15.6 Å². The van der Waals surface area contributed by atoms with Crippen molar-refractivity contribution in [2.45, 2.75) is 11.4 Å². The second-order valence-electron chi connectivity index (χ2n) is 4.47. The molecule has 0 amide bonds. The van der Waals surface area contributed by atoms with Crippen LogP contribution < -0.4 is 5.32 Å². The Morgan fingerprint density at radius 2 is 1.90 bits per heavy atom. The van der Waals surface area contributed by atoms with Crippen molar-refractivity contribution < 1.29 is 12.8 Å². The Morgan fingerprint density at radius 1 is 1.19 bits per heavy atom. The van der Waals surface area contributed by atoms with Gasteiger partial charge in [-0.2, -0.15) is 0 Å². The largest absolute Gasteiger partial charge is 0.378 e. The van der Waals surface area contributed by atoms with Crippen LogP contribution in [0.1, 0.15) is 5.56 Å².